The molecule has 3 N–H and O–H groups in total. The van der Waals surface area contributed by atoms with Crippen LogP contribution in [-0.4, -0.2) is 16.7 Å². The molecule has 5 nitrogen and oxygen atoms in total. The minimum atomic E-state index is -0.762. The van der Waals surface area contributed by atoms with Crippen LogP contribution < -0.4 is 10.6 Å². The Labute approximate surface area is 128 Å². The monoisotopic (exact) mass is 308 g/mol. The maximum absolute atomic E-state index is 11.7. The zero-order valence-electron chi connectivity index (χ0n) is 12.3. The number of aliphatic hydroxyl groups excluding tert-OH is 1. The maximum atomic E-state index is 11.7. The van der Waals surface area contributed by atoms with Gasteiger partial charge in [-0.25, -0.2) is 4.79 Å². The number of rotatable bonds is 4. The van der Waals surface area contributed by atoms with Gasteiger partial charge in [-0.1, -0.05) is 0 Å². The number of carbonyl (C=O) groups is 1. The highest BCUT2D eigenvalue weighted by molar-refractivity contribution is 7.12. The molecule has 0 aliphatic carbocycles. The molecule has 0 saturated carbocycles. The molecule has 1 atom stereocenters. The number of urea groups is 1. The third kappa shape index (κ3) is 4.61. The SMILES string of the molecule is CC(C)(C)NC(=O)NCc1ccc(C(O)c2ccco2)s1. The Hall–Kier alpha value is -1.79. The van der Waals surface area contributed by atoms with E-state index >= 15 is 0 Å². The Morgan fingerprint density at radius 3 is 2.76 bits per heavy atom. The Morgan fingerprint density at radius 2 is 2.14 bits per heavy atom. The van der Waals surface area contributed by atoms with Crippen LogP contribution in [0.1, 0.15) is 42.4 Å². The van der Waals surface area contributed by atoms with Crippen molar-refractivity contribution in [3.05, 3.63) is 46.0 Å². The van der Waals surface area contributed by atoms with E-state index < -0.39 is 6.10 Å². The predicted octanol–water partition coefficient (Wildman–Crippen LogP) is 3.02. The van der Waals surface area contributed by atoms with Gasteiger partial charge in [0, 0.05) is 15.3 Å². The van der Waals surface area contributed by atoms with Gasteiger partial charge in [0.25, 0.3) is 0 Å². The van der Waals surface area contributed by atoms with Crippen molar-refractivity contribution >= 4 is 17.4 Å². The lowest BCUT2D eigenvalue weighted by atomic mass is 10.1. The van der Waals surface area contributed by atoms with Gasteiger partial charge in [-0.15, -0.1) is 11.3 Å². The van der Waals surface area contributed by atoms with E-state index in [0.717, 1.165) is 9.75 Å². The molecule has 2 aromatic rings. The van der Waals surface area contributed by atoms with Crippen LogP contribution in [-0.2, 0) is 6.54 Å². The molecule has 0 aliphatic heterocycles. The highest BCUT2D eigenvalue weighted by Gasteiger charge is 2.16. The van der Waals surface area contributed by atoms with E-state index in [1.54, 1.807) is 12.1 Å². The van der Waals surface area contributed by atoms with E-state index in [4.69, 9.17) is 4.42 Å². The zero-order valence-corrected chi connectivity index (χ0v) is 13.2. The van der Waals surface area contributed by atoms with Crippen LogP contribution in [0.4, 0.5) is 4.79 Å². The molecule has 21 heavy (non-hydrogen) atoms. The summed E-state index contributed by atoms with van der Waals surface area (Å²) in [7, 11) is 0. The van der Waals surface area contributed by atoms with Crippen LogP contribution in [0.2, 0.25) is 0 Å². The standard InChI is InChI=1S/C15H20N2O3S/c1-15(2,3)17-14(19)16-9-10-6-7-12(21-10)13(18)11-5-4-8-20-11/h4-8,13,18H,9H2,1-3H3,(H2,16,17,19). The lowest BCUT2D eigenvalue weighted by Crippen LogP contribution is -2.46. The molecule has 0 saturated heterocycles. The van der Waals surface area contributed by atoms with Crippen molar-refractivity contribution in [2.45, 2.75) is 39.0 Å². The first kappa shape index (κ1) is 15.6. The first-order valence-electron chi connectivity index (χ1n) is 6.71. The molecule has 0 aromatic carbocycles. The number of thiophene rings is 1. The van der Waals surface area contributed by atoms with Crippen molar-refractivity contribution in [3.63, 3.8) is 0 Å². The first-order chi connectivity index (χ1) is 9.85. The second kappa shape index (κ2) is 6.32. The number of hydrogen-bond donors (Lipinski definition) is 3. The fourth-order valence-electron chi connectivity index (χ4n) is 1.78. The van der Waals surface area contributed by atoms with Crippen LogP contribution in [0.25, 0.3) is 0 Å². The second-order valence-corrected chi connectivity index (χ2v) is 6.98. The summed E-state index contributed by atoms with van der Waals surface area (Å²) in [6.07, 6.45) is 0.771. The van der Waals surface area contributed by atoms with Crippen molar-refractivity contribution in [2.24, 2.45) is 0 Å². The third-order valence-corrected chi connectivity index (χ3v) is 3.81. The Kier molecular flexibility index (Phi) is 4.69. The Bertz CT molecular complexity index is 584. The summed E-state index contributed by atoms with van der Waals surface area (Å²) in [5, 5.41) is 15.8. The summed E-state index contributed by atoms with van der Waals surface area (Å²) in [5.74, 6) is 0.516. The van der Waals surface area contributed by atoms with Gasteiger partial charge in [-0.05, 0) is 45.0 Å². The van der Waals surface area contributed by atoms with Gasteiger partial charge >= 0.3 is 6.03 Å². The highest BCUT2D eigenvalue weighted by Crippen LogP contribution is 2.28. The van der Waals surface area contributed by atoms with Gasteiger partial charge in [-0.2, -0.15) is 0 Å². The molecule has 0 fully saturated rings. The molecule has 2 heterocycles. The lowest BCUT2D eigenvalue weighted by Gasteiger charge is -2.20. The van der Waals surface area contributed by atoms with E-state index in [9.17, 15) is 9.90 Å². The normalized spacial score (nSPS) is 13.0. The summed E-state index contributed by atoms with van der Waals surface area (Å²) in [6.45, 7) is 6.21. The van der Waals surface area contributed by atoms with E-state index in [2.05, 4.69) is 10.6 Å². The summed E-state index contributed by atoms with van der Waals surface area (Å²) in [4.78, 5) is 13.4. The van der Waals surface area contributed by atoms with Gasteiger partial charge < -0.3 is 20.2 Å². The molecule has 114 valence electrons. The van der Waals surface area contributed by atoms with Crippen LogP contribution in [0.3, 0.4) is 0 Å². The summed E-state index contributed by atoms with van der Waals surface area (Å²) >= 11 is 1.45. The molecule has 6 heteroatoms. The first-order valence-corrected chi connectivity index (χ1v) is 7.53. The number of carbonyl (C=O) groups excluding carboxylic acids is 1. The number of amides is 2. The molecule has 2 amide bonds. The topological polar surface area (TPSA) is 74.5 Å². The van der Waals surface area contributed by atoms with Crippen LogP contribution in [0.15, 0.2) is 34.9 Å². The van der Waals surface area contributed by atoms with Gasteiger partial charge in [0.2, 0.25) is 0 Å². The molecule has 0 radical (unpaired) electrons. The molecule has 2 aromatic heterocycles. The van der Waals surface area contributed by atoms with Crippen molar-refractivity contribution in [1.29, 1.82) is 0 Å². The maximum Gasteiger partial charge on any atom is 0.315 e. The van der Waals surface area contributed by atoms with E-state index in [-0.39, 0.29) is 11.6 Å². The predicted molar refractivity (Wildman–Crippen MR) is 82.2 cm³/mol. The fourth-order valence-corrected chi connectivity index (χ4v) is 2.72. The lowest BCUT2D eigenvalue weighted by molar-refractivity contribution is 0.193. The summed E-state index contributed by atoms with van der Waals surface area (Å²) < 4.78 is 5.19. The average molecular weight is 308 g/mol. The number of nitrogens with one attached hydrogen (secondary N) is 2. The molecular weight excluding hydrogens is 288 g/mol. The quantitative estimate of drug-likeness (QED) is 0.813. The smallest absolute Gasteiger partial charge is 0.315 e. The Morgan fingerprint density at radius 1 is 1.38 bits per heavy atom. The number of hydrogen-bond acceptors (Lipinski definition) is 4. The molecule has 0 aliphatic rings. The van der Waals surface area contributed by atoms with Gasteiger partial charge in [0.1, 0.15) is 11.9 Å². The molecule has 2 rings (SSSR count). The minimum Gasteiger partial charge on any atom is -0.466 e. The van der Waals surface area contributed by atoms with Crippen molar-refractivity contribution in [2.75, 3.05) is 0 Å². The largest absolute Gasteiger partial charge is 0.466 e. The van der Waals surface area contributed by atoms with Crippen LogP contribution in [0, 0.1) is 0 Å². The number of aliphatic hydroxyl groups is 1. The molecule has 1 unspecified atom stereocenters. The van der Waals surface area contributed by atoms with E-state index in [1.807, 2.05) is 32.9 Å². The Balaban J connectivity index is 1.90. The van der Waals surface area contributed by atoms with Crippen LogP contribution in [0.5, 0.6) is 0 Å². The van der Waals surface area contributed by atoms with E-state index in [1.165, 1.54) is 17.6 Å². The zero-order chi connectivity index (χ0) is 15.5. The van der Waals surface area contributed by atoms with Crippen molar-refractivity contribution in [3.8, 4) is 0 Å². The summed E-state index contributed by atoms with van der Waals surface area (Å²) in [6, 6.07) is 7.01. The van der Waals surface area contributed by atoms with Gasteiger partial charge in [-0.3, -0.25) is 0 Å². The minimum absolute atomic E-state index is 0.205. The molecular formula is C15H20N2O3S. The molecule has 0 bridgehead atoms. The second-order valence-electron chi connectivity index (χ2n) is 5.78. The van der Waals surface area contributed by atoms with Crippen LogP contribution >= 0.6 is 11.3 Å². The van der Waals surface area contributed by atoms with Gasteiger partial charge in [0.15, 0.2) is 0 Å². The van der Waals surface area contributed by atoms with Gasteiger partial charge in [0.05, 0.1) is 12.8 Å². The van der Waals surface area contributed by atoms with Crippen molar-refractivity contribution in [1.82, 2.24) is 10.6 Å². The highest BCUT2D eigenvalue weighted by atomic mass is 32.1. The van der Waals surface area contributed by atoms with Crippen molar-refractivity contribution < 1.29 is 14.3 Å². The fraction of sp³-hybridized carbons (Fsp3) is 0.400. The number of furan rings is 1. The third-order valence-electron chi connectivity index (χ3n) is 2.68. The van der Waals surface area contributed by atoms with E-state index in [0.29, 0.717) is 12.3 Å². The molecule has 0 spiro atoms. The summed E-state index contributed by atoms with van der Waals surface area (Å²) in [5.41, 5.74) is -0.264. The average Bonchev–Trinajstić information content (AvgIpc) is 3.05.